The monoisotopic (exact) mass is 322 g/mol. The van der Waals surface area contributed by atoms with E-state index in [4.69, 9.17) is 0 Å². The first-order chi connectivity index (χ1) is 10.3. The maximum absolute atomic E-state index is 13.9. The molecule has 1 aliphatic heterocycles. The van der Waals surface area contributed by atoms with E-state index < -0.39 is 30.3 Å². The summed E-state index contributed by atoms with van der Waals surface area (Å²) in [5, 5.41) is 4.70. The first kappa shape index (κ1) is 16.7. The second-order valence-electron chi connectivity index (χ2n) is 5.17. The molecular weight excluding hydrogens is 307 g/mol. The number of carbonyl (C=O) groups excluding carboxylic acids is 1. The minimum absolute atomic E-state index is 0.112. The third kappa shape index (κ3) is 3.94. The lowest BCUT2D eigenvalue weighted by molar-refractivity contribution is -0.173. The van der Waals surface area contributed by atoms with E-state index in [1.165, 1.54) is 6.07 Å². The van der Waals surface area contributed by atoms with Crippen LogP contribution in [-0.4, -0.2) is 25.2 Å². The second kappa shape index (κ2) is 6.60. The van der Waals surface area contributed by atoms with E-state index in [1.807, 2.05) is 0 Å². The molecule has 0 radical (unpaired) electrons. The summed E-state index contributed by atoms with van der Waals surface area (Å²) >= 11 is 0. The molecule has 0 aliphatic carbocycles. The van der Waals surface area contributed by atoms with E-state index in [0.29, 0.717) is 32.0 Å². The highest BCUT2D eigenvalue weighted by atomic mass is 19.4. The normalized spacial score (nSPS) is 16.6. The van der Waals surface area contributed by atoms with E-state index in [1.54, 1.807) is 5.32 Å². The molecule has 1 aromatic rings. The molecule has 8 heteroatoms. The first-order valence-corrected chi connectivity index (χ1v) is 6.82. The highest BCUT2D eigenvalue weighted by Gasteiger charge is 2.38. The Bertz CT molecular complexity index is 553. The number of rotatable bonds is 3. The number of piperidine rings is 1. The largest absolute Gasteiger partial charge is 0.471 e. The van der Waals surface area contributed by atoms with Crippen molar-refractivity contribution in [2.45, 2.75) is 31.5 Å². The van der Waals surface area contributed by atoms with Crippen molar-refractivity contribution in [3.63, 3.8) is 0 Å². The van der Waals surface area contributed by atoms with Gasteiger partial charge in [-0.2, -0.15) is 13.2 Å². The molecule has 3 nitrogen and oxygen atoms in total. The molecule has 1 saturated heterocycles. The van der Waals surface area contributed by atoms with Crippen molar-refractivity contribution in [1.29, 1.82) is 0 Å². The average molecular weight is 322 g/mol. The van der Waals surface area contributed by atoms with E-state index in [0.717, 1.165) is 0 Å². The summed E-state index contributed by atoms with van der Waals surface area (Å²) < 4.78 is 63.9. The number of amides is 1. The molecule has 1 aliphatic rings. The van der Waals surface area contributed by atoms with Gasteiger partial charge >= 0.3 is 12.1 Å². The van der Waals surface area contributed by atoms with Crippen molar-refractivity contribution in [2.75, 3.05) is 13.1 Å². The second-order valence-corrected chi connectivity index (χ2v) is 5.17. The van der Waals surface area contributed by atoms with Crippen LogP contribution in [0.15, 0.2) is 12.1 Å². The molecule has 0 atom stereocenters. The van der Waals surface area contributed by atoms with Gasteiger partial charge in [0, 0.05) is 18.2 Å². The van der Waals surface area contributed by atoms with Gasteiger partial charge in [0.2, 0.25) is 0 Å². The van der Waals surface area contributed by atoms with Gasteiger partial charge in [0.1, 0.15) is 11.6 Å². The molecule has 22 heavy (non-hydrogen) atoms. The molecule has 1 fully saturated rings. The first-order valence-electron chi connectivity index (χ1n) is 6.82. The number of nitrogens with one attached hydrogen (secondary N) is 2. The summed E-state index contributed by atoms with van der Waals surface area (Å²) in [5.41, 5.74) is 0.117. The molecule has 1 heterocycles. The lowest BCUT2D eigenvalue weighted by atomic mass is 9.89. The summed E-state index contributed by atoms with van der Waals surface area (Å²) in [4.78, 5) is 10.8. The van der Waals surface area contributed by atoms with Crippen LogP contribution in [0.2, 0.25) is 0 Å². The fourth-order valence-corrected chi connectivity index (χ4v) is 2.47. The van der Waals surface area contributed by atoms with Crippen LogP contribution in [0.25, 0.3) is 0 Å². The minimum Gasteiger partial charge on any atom is -0.344 e. The topological polar surface area (TPSA) is 41.1 Å². The van der Waals surface area contributed by atoms with E-state index in [-0.39, 0.29) is 17.0 Å². The van der Waals surface area contributed by atoms with Crippen LogP contribution < -0.4 is 10.6 Å². The SMILES string of the molecule is O=C(NCc1cc(C2CCNCC2)c(F)cc1F)C(F)(F)F. The van der Waals surface area contributed by atoms with Crippen LogP contribution in [0.5, 0.6) is 0 Å². The summed E-state index contributed by atoms with van der Waals surface area (Å²) in [5.74, 6) is -3.95. The zero-order valence-corrected chi connectivity index (χ0v) is 11.6. The lowest BCUT2D eigenvalue weighted by Crippen LogP contribution is -2.36. The summed E-state index contributed by atoms with van der Waals surface area (Å²) in [6.07, 6.45) is -3.71. The minimum atomic E-state index is -5.03. The molecule has 0 aromatic heterocycles. The number of carbonyl (C=O) groups is 1. The maximum atomic E-state index is 13.9. The third-order valence-corrected chi connectivity index (χ3v) is 3.64. The van der Waals surface area contributed by atoms with Crippen LogP contribution >= 0.6 is 0 Å². The quantitative estimate of drug-likeness (QED) is 0.840. The fraction of sp³-hybridized carbons (Fsp3) is 0.500. The summed E-state index contributed by atoms with van der Waals surface area (Å²) in [7, 11) is 0. The van der Waals surface area contributed by atoms with Crippen LogP contribution in [-0.2, 0) is 11.3 Å². The van der Waals surface area contributed by atoms with E-state index in [9.17, 15) is 26.7 Å². The Hall–Kier alpha value is -1.70. The fourth-order valence-electron chi connectivity index (χ4n) is 2.47. The van der Waals surface area contributed by atoms with Crippen molar-refractivity contribution >= 4 is 5.91 Å². The van der Waals surface area contributed by atoms with Crippen molar-refractivity contribution in [3.8, 4) is 0 Å². The number of alkyl halides is 3. The average Bonchev–Trinajstić information content (AvgIpc) is 2.46. The number of benzene rings is 1. The molecule has 0 saturated carbocycles. The van der Waals surface area contributed by atoms with Crippen molar-refractivity contribution < 1.29 is 26.7 Å². The van der Waals surface area contributed by atoms with Crippen LogP contribution in [0.1, 0.15) is 29.9 Å². The molecule has 122 valence electrons. The summed E-state index contributed by atoms with van der Waals surface area (Å²) in [6.45, 7) is 0.756. The molecule has 0 unspecified atom stereocenters. The lowest BCUT2D eigenvalue weighted by Gasteiger charge is -2.24. The summed E-state index contributed by atoms with van der Waals surface area (Å²) in [6, 6.07) is 1.86. The molecule has 0 bridgehead atoms. The smallest absolute Gasteiger partial charge is 0.344 e. The van der Waals surface area contributed by atoms with Gasteiger partial charge in [-0.05, 0) is 43.5 Å². The van der Waals surface area contributed by atoms with Gasteiger partial charge in [-0.1, -0.05) is 0 Å². The van der Waals surface area contributed by atoms with Gasteiger partial charge < -0.3 is 10.6 Å². The van der Waals surface area contributed by atoms with Crippen molar-refractivity contribution in [3.05, 3.63) is 34.9 Å². The Morgan fingerprint density at radius 3 is 2.41 bits per heavy atom. The number of halogens is 5. The maximum Gasteiger partial charge on any atom is 0.471 e. The molecule has 0 spiro atoms. The number of hydrogen-bond acceptors (Lipinski definition) is 2. The molecule has 1 amide bonds. The third-order valence-electron chi connectivity index (χ3n) is 3.64. The van der Waals surface area contributed by atoms with E-state index in [2.05, 4.69) is 5.32 Å². The Balaban J connectivity index is 2.15. The van der Waals surface area contributed by atoms with Gasteiger partial charge in [0.15, 0.2) is 0 Å². The molecular formula is C14H15F5N2O. The Morgan fingerprint density at radius 2 is 1.82 bits per heavy atom. The zero-order chi connectivity index (χ0) is 16.3. The van der Waals surface area contributed by atoms with Gasteiger partial charge in [-0.3, -0.25) is 4.79 Å². The Labute approximate surface area is 123 Å². The van der Waals surface area contributed by atoms with Gasteiger partial charge in [-0.25, -0.2) is 8.78 Å². The number of hydrogen-bond donors (Lipinski definition) is 2. The van der Waals surface area contributed by atoms with Gasteiger partial charge in [0.05, 0.1) is 0 Å². The van der Waals surface area contributed by atoms with Crippen molar-refractivity contribution in [1.82, 2.24) is 10.6 Å². The standard InChI is InChI=1S/C14H15F5N2O/c15-11-6-12(16)10(8-1-3-20-4-2-8)5-9(11)7-21-13(22)14(17,18)19/h5-6,8,20H,1-4,7H2,(H,21,22). The highest BCUT2D eigenvalue weighted by Crippen LogP contribution is 2.29. The molecule has 2 N–H and O–H groups in total. The zero-order valence-electron chi connectivity index (χ0n) is 11.6. The Morgan fingerprint density at radius 1 is 1.18 bits per heavy atom. The molecule has 1 aromatic carbocycles. The molecule has 2 rings (SSSR count). The van der Waals surface area contributed by atoms with Crippen LogP contribution in [0.4, 0.5) is 22.0 Å². The van der Waals surface area contributed by atoms with Gasteiger partial charge in [-0.15, -0.1) is 0 Å². The van der Waals surface area contributed by atoms with Gasteiger partial charge in [0.25, 0.3) is 0 Å². The highest BCUT2D eigenvalue weighted by molar-refractivity contribution is 5.81. The van der Waals surface area contributed by atoms with Crippen LogP contribution in [0.3, 0.4) is 0 Å². The predicted molar refractivity (Wildman–Crippen MR) is 69.1 cm³/mol. The predicted octanol–water partition coefficient (Wildman–Crippen LogP) is 2.61. The van der Waals surface area contributed by atoms with Crippen LogP contribution in [0, 0.1) is 11.6 Å². The Kier molecular flexibility index (Phi) is 5.00. The van der Waals surface area contributed by atoms with E-state index >= 15 is 0 Å². The van der Waals surface area contributed by atoms with Crippen molar-refractivity contribution in [2.24, 2.45) is 0 Å².